The van der Waals surface area contributed by atoms with Crippen molar-refractivity contribution in [3.63, 3.8) is 0 Å². The highest BCUT2D eigenvalue weighted by Crippen LogP contribution is 2.30. The van der Waals surface area contributed by atoms with Crippen molar-refractivity contribution in [3.8, 4) is 0 Å². The zero-order chi connectivity index (χ0) is 13.1. The standard InChI is InChI=1S/C12H11NO4S/c14-11(15)5-8(12(16)17)13-9-6-18-10-4-2-1-3-7(9)10/h1-4,6,8,13H,5H2,(H,14,15)(H,16,17). The molecule has 5 nitrogen and oxygen atoms in total. The first-order chi connectivity index (χ1) is 8.58. The van der Waals surface area contributed by atoms with E-state index in [1.165, 1.54) is 11.3 Å². The van der Waals surface area contributed by atoms with Crippen molar-refractivity contribution >= 4 is 39.0 Å². The van der Waals surface area contributed by atoms with Crippen molar-refractivity contribution in [2.45, 2.75) is 12.5 Å². The van der Waals surface area contributed by atoms with Gasteiger partial charge in [0.05, 0.1) is 12.1 Å². The summed E-state index contributed by atoms with van der Waals surface area (Å²) in [4.78, 5) is 21.6. The van der Waals surface area contributed by atoms with Crippen molar-refractivity contribution in [1.29, 1.82) is 0 Å². The Morgan fingerprint density at radius 3 is 2.67 bits per heavy atom. The quantitative estimate of drug-likeness (QED) is 0.771. The monoisotopic (exact) mass is 265 g/mol. The van der Waals surface area contributed by atoms with Gasteiger partial charge in [0.15, 0.2) is 0 Å². The summed E-state index contributed by atoms with van der Waals surface area (Å²) in [7, 11) is 0. The number of carboxylic acids is 2. The fraction of sp³-hybridized carbons (Fsp3) is 0.167. The van der Waals surface area contributed by atoms with Gasteiger partial charge >= 0.3 is 11.9 Å². The number of hydrogen-bond donors (Lipinski definition) is 3. The van der Waals surface area contributed by atoms with E-state index >= 15 is 0 Å². The van der Waals surface area contributed by atoms with Crippen LogP contribution in [0.5, 0.6) is 0 Å². The van der Waals surface area contributed by atoms with Crippen molar-refractivity contribution in [1.82, 2.24) is 0 Å². The van der Waals surface area contributed by atoms with Gasteiger partial charge in [-0.05, 0) is 6.07 Å². The molecule has 0 bridgehead atoms. The second-order valence-corrected chi connectivity index (χ2v) is 4.69. The van der Waals surface area contributed by atoms with E-state index in [1.54, 1.807) is 5.38 Å². The number of nitrogens with one attached hydrogen (secondary N) is 1. The van der Waals surface area contributed by atoms with E-state index in [9.17, 15) is 9.59 Å². The molecule has 0 amide bonds. The molecule has 0 spiro atoms. The molecule has 1 aromatic carbocycles. The van der Waals surface area contributed by atoms with Gasteiger partial charge < -0.3 is 15.5 Å². The van der Waals surface area contributed by atoms with Crippen LogP contribution in [0.15, 0.2) is 29.6 Å². The Kier molecular flexibility index (Phi) is 3.47. The minimum Gasteiger partial charge on any atom is -0.481 e. The first-order valence-corrected chi connectivity index (χ1v) is 6.13. The van der Waals surface area contributed by atoms with Crippen LogP contribution >= 0.6 is 11.3 Å². The van der Waals surface area contributed by atoms with E-state index in [0.717, 1.165) is 10.1 Å². The van der Waals surface area contributed by atoms with Gasteiger partial charge in [0.1, 0.15) is 6.04 Å². The molecule has 6 heteroatoms. The van der Waals surface area contributed by atoms with Gasteiger partial charge in [0, 0.05) is 15.5 Å². The molecule has 2 aromatic rings. The van der Waals surface area contributed by atoms with Crippen LogP contribution in [-0.2, 0) is 9.59 Å². The van der Waals surface area contributed by atoms with Gasteiger partial charge in [-0.25, -0.2) is 4.79 Å². The van der Waals surface area contributed by atoms with Gasteiger partial charge in [-0.15, -0.1) is 11.3 Å². The average molecular weight is 265 g/mol. The van der Waals surface area contributed by atoms with E-state index in [2.05, 4.69) is 5.32 Å². The van der Waals surface area contributed by atoms with E-state index < -0.39 is 24.4 Å². The highest BCUT2D eigenvalue weighted by molar-refractivity contribution is 7.17. The lowest BCUT2D eigenvalue weighted by molar-refractivity contribution is -0.144. The Morgan fingerprint density at radius 1 is 1.28 bits per heavy atom. The largest absolute Gasteiger partial charge is 0.481 e. The van der Waals surface area contributed by atoms with Crippen LogP contribution in [0.3, 0.4) is 0 Å². The number of aliphatic carboxylic acids is 2. The van der Waals surface area contributed by atoms with Crippen LogP contribution in [0.4, 0.5) is 5.69 Å². The number of carboxylic acid groups (broad SMARTS) is 2. The minimum absolute atomic E-state index is 0.459. The maximum absolute atomic E-state index is 11.0. The summed E-state index contributed by atoms with van der Waals surface area (Å²) in [6.07, 6.45) is -0.459. The number of thiophene rings is 1. The lowest BCUT2D eigenvalue weighted by Crippen LogP contribution is -2.31. The highest BCUT2D eigenvalue weighted by atomic mass is 32.1. The van der Waals surface area contributed by atoms with Crippen LogP contribution in [-0.4, -0.2) is 28.2 Å². The normalized spacial score (nSPS) is 12.2. The third-order valence-electron chi connectivity index (χ3n) is 2.49. The lowest BCUT2D eigenvalue weighted by Gasteiger charge is -2.12. The third-order valence-corrected chi connectivity index (χ3v) is 3.45. The molecule has 1 aromatic heterocycles. The third kappa shape index (κ3) is 2.60. The molecule has 0 aliphatic heterocycles. The summed E-state index contributed by atoms with van der Waals surface area (Å²) in [6, 6.07) is 6.42. The maximum Gasteiger partial charge on any atom is 0.326 e. The molecular weight excluding hydrogens is 254 g/mol. The van der Waals surface area contributed by atoms with Gasteiger partial charge in [0.25, 0.3) is 0 Å². The van der Waals surface area contributed by atoms with Gasteiger partial charge in [-0.3, -0.25) is 4.79 Å². The smallest absolute Gasteiger partial charge is 0.326 e. The molecule has 1 unspecified atom stereocenters. The van der Waals surface area contributed by atoms with Crippen LogP contribution in [0.2, 0.25) is 0 Å². The predicted molar refractivity (Wildman–Crippen MR) is 69.1 cm³/mol. The first kappa shape index (κ1) is 12.4. The Balaban J connectivity index is 2.26. The van der Waals surface area contributed by atoms with Crippen LogP contribution in [0.25, 0.3) is 10.1 Å². The average Bonchev–Trinajstić information content (AvgIpc) is 2.71. The molecule has 3 N–H and O–H groups in total. The number of benzene rings is 1. The van der Waals surface area contributed by atoms with Gasteiger partial charge in [-0.2, -0.15) is 0 Å². The SMILES string of the molecule is O=C(O)CC(Nc1csc2ccccc12)C(=O)O. The second-order valence-electron chi connectivity index (χ2n) is 3.78. The number of fused-ring (bicyclic) bond motifs is 1. The number of hydrogen-bond acceptors (Lipinski definition) is 4. The molecular formula is C12H11NO4S. The lowest BCUT2D eigenvalue weighted by atomic mass is 10.2. The Morgan fingerprint density at radius 2 is 2.00 bits per heavy atom. The van der Waals surface area contributed by atoms with Crippen LogP contribution < -0.4 is 5.32 Å². The molecule has 0 saturated heterocycles. The Bertz CT molecular complexity index is 593. The van der Waals surface area contributed by atoms with Crippen molar-refractivity contribution < 1.29 is 19.8 Å². The van der Waals surface area contributed by atoms with Gasteiger partial charge in [0.2, 0.25) is 0 Å². The van der Waals surface area contributed by atoms with Crippen LogP contribution in [0.1, 0.15) is 6.42 Å². The minimum atomic E-state index is -1.17. The molecule has 1 heterocycles. The number of rotatable bonds is 5. The summed E-state index contributed by atoms with van der Waals surface area (Å²) in [6.45, 7) is 0. The summed E-state index contributed by atoms with van der Waals surface area (Å²) < 4.78 is 1.03. The molecule has 2 rings (SSSR count). The topological polar surface area (TPSA) is 86.6 Å². The van der Waals surface area contributed by atoms with Crippen molar-refractivity contribution in [3.05, 3.63) is 29.6 Å². The maximum atomic E-state index is 11.0. The van der Waals surface area contributed by atoms with Crippen molar-refractivity contribution in [2.75, 3.05) is 5.32 Å². The second kappa shape index (κ2) is 5.05. The molecule has 0 aliphatic carbocycles. The Labute approximate surface area is 107 Å². The number of anilines is 1. The summed E-state index contributed by atoms with van der Waals surface area (Å²) in [5.74, 6) is -2.32. The summed E-state index contributed by atoms with van der Waals surface area (Å²) in [5.41, 5.74) is 0.657. The number of carbonyl (C=O) groups is 2. The van der Waals surface area contributed by atoms with Crippen LogP contribution in [0, 0.1) is 0 Å². The molecule has 94 valence electrons. The van der Waals surface area contributed by atoms with E-state index in [-0.39, 0.29) is 0 Å². The highest BCUT2D eigenvalue weighted by Gasteiger charge is 2.21. The zero-order valence-electron chi connectivity index (χ0n) is 9.29. The molecule has 1 atom stereocenters. The molecule has 0 saturated carbocycles. The first-order valence-electron chi connectivity index (χ1n) is 5.25. The molecule has 0 fully saturated rings. The molecule has 18 heavy (non-hydrogen) atoms. The Hall–Kier alpha value is -2.08. The predicted octanol–water partition coefficient (Wildman–Crippen LogP) is 2.24. The van der Waals surface area contributed by atoms with Crippen molar-refractivity contribution in [2.24, 2.45) is 0 Å². The van der Waals surface area contributed by atoms with E-state index in [4.69, 9.17) is 10.2 Å². The fourth-order valence-corrected chi connectivity index (χ4v) is 2.55. The zero-order valence-corrected chi connectivity index (χ0v) is 10.1. The fourth-order valence-electron chi connectivity index (χ4n) is 1.65. The summed E-state index contributed by atoms with van der Waals surface area (Å²) in [5, 5.41) is 23.1. The van der Waals surface area contributed by atoms with E-state index in [0.29, 0.717) is 5.69 Å². The molecule has 0 aliphatic rings. The van der Waals surface area contributed by atoms with Gasteiger partial charge in [-0.1, -0.05) is 18.2 Å². The summed E-state index contributed by atoms with van der Waals surface area (Å²) >= 11 is 1.48. The molecule has 0 radical (unpaired) electrons. The van der Waals surface area contributed by atoms with E-state index in [1.807, 2.05) is 24.3 Å².